The van der Waals surface area contributed by atoms with Gasteiger partial charge in [-0.15, -0.1) is 11.6 Å². The van der Waals surface area contributed by atoms with Gasteiger partial charge in [-0.2, -0.15) is 0 Å². The molecule has 0 amide bonds. The Hall–Kier alpha value is -0.730. The summed E-state index contributed by atoms with van der Waals surface area (Å²) in [7, 11) is 1.81. The molecule has 1 aromatic rings. The zero-order valence-electron chi connectivity index (χ0n) is 11.5. The first kappa shape index (κ1) is 13.7. The van der Waals surface area contributed by atoms with Crippen LogP contribution in [0, 0.1) is 6.92 Å². The highest BCUT2D eigenvalue weighted by molar-refractivity contribution is 6.17. The summed E-state index contributed by atoms with van der Waals surface area (Å²) in [5, 5.41) is 0. The van der Waals surface area contributed by atoms with E-state index in [2.05, 4.69) is 36.9 Å². The molecule has 0 spiro atoms. The van der Waals surface area contributed by atoms with Crippen LogP contribution >= 0.6 is 11.6 Å². The molecule has 0 N–H and O–H groups in total. The lowest BCUT2D eigenvalue weighted by atomic mass is 9.93. The molecule has 1 atom stereocenters. The van der Waals surface area contributed by atoms with E-state index >= 15 is 0 Å². The van der Waals surface area contributed by atoms with Gasteiger partial charge < -0.3 is 9.64 Å². The van der Waals surface area contributed by atoms with E-state index in [9.17, 15) is 0 Å². The Morgan fingerprint density at radius 2 is 2.22 bits per heavy atom. The van der Waals surface area contributed by atoms with Gasteiger partial charge in [0.15, 0.2) is 0 Å². The van der Waals surface area contributed by atoms with E-state index in [0.29, 0.717) is 5.88 Å². The Bertz CT molecular complexity index is 421. The van der Waals surface area contributed by atoms with E-state index in [1.165, 1.54) is 23.2 Å². The maximum atomic E-state index is 6.07. The molecule has 2 rings (SSSR count). The van der Waals surface area contributed by atoms with Crippen LogP contribution in [-0.2, 0) is 10.6 Å². The lowest BCUT2D eigenvalue weighted by Crippen LogP contribution is -2.47. The summed E-state index contributed by atoms with van der Waals surface area (Å²) < 4.78 is 5.65. The zero-order chi connectivity index (χ0) is 13.2. The first-order chi connectivity index (χ1) is 8.58. The Labute approximate surface area is 115 Å². The van der Waals surface area contributed by atoms with Crippen molar-refractivity contribution in [3.63, 3.8) is 0 Å². The number of nitrogens with zero attached hydrogens (tertiary/aromatic N) is 1. The van der Waals surface area contributed by atoms with Crippen molar-refractivity contribution in [3.8, 4) is 0 Å². The summed E-state index contributed by atoms with van der Waals surface area (Å²) in [6.45, 7) is 6.32. The molecule has 0 saturated carbocycles. The van der Waals surface area contributed by atoms with Crippen molar-refractivity contribution in [2.75, 3.05) is 25.1 Å². The molecular weight excluding hydrogens is 246 g/mol. The summed E-state index contributed by atoms with van der Waals surface area (Å²) in [5.41, 5.74) is 3.71. The van der Waals surface area contributed by atoms with Crippen molar-refractivity contribution in [3.05, 3.63) is 29.3 Å². The lowest BCUT2D eigenvalue weighted by Gasteiger charge is -2.41. The molecule has 100 valence electrons. The Balaban J connectivity index is 2.25. The molecule has 1 aliphatic rings. The standard InChI is InChI=1S/C15H22ClNO/c1-12-5-6-14(13(9-12)10-16)17-8-4-7-15(2,11-17)18-3/h5-6,9H,4,7-8,10-11H2,1-3H3. The highest BCUT2D eigenvalue weighted by atomic mass is 35.5. The van der Waals surface area contributed by atoms with Crippen molar-refractivity contribution >= 4 is 17.3 Å². The van der Waals surface area contributed by atoms with Gasteiger partial charge in [-0.05, 0) is 38.3 Å². The number of aryl methyl sites for hydroxylation is 1. The third-order valence-corrected chi connectivity index (χ3v) is 4.16. The van der Waals surface area contributed by atoms with Crippen LogP contribution in [0.3, 0.4) is 0 Å². The van der Waals surface area contributed by atoms with Gasteiger partial charge in [0.25, 0.3) is 0 Å². The molecule has 1 aliphatic heterocycles. The van der Waals surface area contributed by atoms with E-state index in [4.69, 9.17) is 16.3 Å². The summed E-state index contributed by atoms with van der Waals surface area (Å²) in [5.74, 6) is 0.567. The molecule has 0 radical (unpaired) electrons. The smallest absolute Gasteiger partial charge is 0.0825 e. The second-order valence-electron chi connectivity index (χ2n) is 5.44. The van der Waals surface area contributed by atoms with Gasteiger partial charge >= 0.3 is 0 Å². The van der Waals surface area contributed by atoms with E-state index < -0.39 is 0 Å². The summed E-state index contributed by atoms with van der Waals surface area (Å²) in [6, 6.07) is 6.53. The van der Waals surface area contributed by atoms with Crippen molar-refractivity contribution in [2.45, 2.75) is 38.2 Å². The molecule has 0 bridgehead atoms. The van der Waals surface area contributed by atoms with E-state index in [1.807, 2.05) is 0 Å². The molecule has 1 aromatic carbocycles. The van der Waals surface area contributed by atoms with E-state index in [-0.39, 0.29) is 5.60 Å². The monoisotopic (exact) mass is 267 g/mol. The molecular formula is C15H22ClNO. The molecule has 18 heavy (non-hydrogen) atoms. The zero-order valence-corrected chi connectivity index (χ0v) is 12.3. The van der Waals surface area contributed by atoms with Crippen molar-refractivity contribution in [1.82, 2.24) is 0 Å². The number of piperidine rings is 1. The number of anilines is 1. The van der Waals surface area contributed by atoms with E-state index in [0.717, 1.165) is 19.5 Å². The predicted molar refractivity (Wildman–Crippen MR) is 77.6 cm³/mol. The lowest BCUT2D eigenvalue weighted by molar-refractivity contribution is -0.00467. The minimum absolute atomic E-state index is 0.0350. The van der Waals surface area contributed by atoms with Crippen molar-refractivity contribution in [2.24, 2.45) is 0 Å². The summed E-state index contributed by atoms with van der Waals surface area (Å²) in [4.78, 5) is 2.41. The Kier molecular flexibility index (Phi) is 4.18. The van der Waals surface area contributed by atoms with Crippen LogP contribution in [0.25, 0.3) is 0 Å². The number of rotatable bonds is 3. The minimum Gasteiger partial charge on any atom is -0.377 e. The molecule has 1 unspecified atom stereocenters. The number of hydrogen-bond acceptors (Lipinski definition) is 2. The maximum Gasteiger partial charge on any atom is 0.0825 e. The average molecular weight is 268 g/mol. The molecule has 1 fully saturated rings. The fourth-order valence-corrected chi connectivity index (χ4v) is 2.92. The highest BCUT2D eigenvalue weighted by Gasteiger charge is 2.31. The van der Waals surface area contributed by atoms with Gasteiger partial charge in [0, 0.05) is 31.8 Å². The van der Waals surface area contributed by atoms with Gasteiger partial charge in [-0.1, -0.05) is 17.7 Å². The van der Waals surface area contributed by atoms with E-state index in [1.54, 1.807) is 7.11 Å². The third-order valence-electron chi connectivity index (χ3n) is 3.87. The molecule has 0 aromatic heterocycles. The highest BCUT2D eigenvalue weighted by Crippen LogP contribution is 2.31. The largest absolute Gasteiger partial charge is 0.377 e. The van der Waals surface area contributed by atoms with Gasteiger partial charge in [0.1, 0.15) is 0 Å². The normalized spacial score (nSPS) is 24.3. The predicted octanol–water partition coefficient (Wildman–Crippen LogP) is 3.74. The quantitative estimate of drug-likeness (QED) is 0.774. The van der Waals surface area contributed by atoms with Crippen molar-refractivity contribution in [1.29, 1.82) is 0 Å². The average Bonchev–Trinajstić information content (AvgIpc) is 2.38. The Morgan fingerprint density at radius 3 is 2.89 bits per heavy atom. The molecule has 0 aliphatic carbocycles. The molecule has 1 saturated heterocycles. The van der Waals surface area contributed by atoms with Crippen LogP contribution in [0.15, 0.2) is 18.2 Å². The van der Waals surface area contributed by atoms with Crippen molar-refractivity contribution < 1.29 is 4.74 Å². The van der Waals surface area contributed by atoms with Crippen LogP contribution < -0.4 is 4.90 Å². The number of hydrogen-bond donors (Lipinski definition) is 0. The SMILES string of the molecule is COC1(C)CCCN(c2ccc(C)cc2CCl)C1. The topological polar surface area (TPSA) is 12.5 Å². The fourth-order valence-electron chi connectivity index (χ4n) is 2.71. The molecule has 1 heterocycles. The second kappa shape index (κ2) is 5.50. The molecule has 3 heteroatoms. The molecule has 2 nitrogen and oxygen atoms in total. The number of alkyl halides is 1. The number of ether oxygens (including phenoxy) is 1. The van der Waals surface area contributed by atoms with Gasteiger partial charge in [0.2, 0.25) is 0 Å². The van der Waals surface area contributed by atoms with Gasteiger partial charge in [-0.25, -0.2) is 0 Å². The first-order valence-corrected chi connectivity index (χ1v) is 7.07. The summed E-state index contributed by atoms with van der Waals surface area (Å²) >= 11 is 6.07. The number of methoxy groups -OCH3 is 1. The third kappa shape index (κ3) is 2.81. The minimum atomic E-state index is -0.0350. The number of benzene rings is 1. The maximum absolute atomic E-state index is 6.07. The van der Waals surface area contributed by atoms with Crippen LogP contribution in [-0.4, -0.2) is 25.8 Å². The fraction of sp³-hybridized carbons (Fsp3) is 0.600. The van der Waals surface area contributed by atoms with Gasteiger partial charge in [-0.3, -0.25) is 0 Å². The Morgan fingerprint density at radius 1 is 1.44 bits per heavy atom. The van der Waals surface area contributed by atoms with Crippen LogP contribution in [0.5, 0.6) is 0 Å². The van der Waals surface area contributed by atoms with Crippen LogP contribution in [0.1, 0.15) is 30.9 Å². The van der Waals surface area contributed by atoms with Gasteiger partial charge in [0.05, 0.1) is 5.60 Å². The second-order valence-corrected chi connectivity index (χ2v) is 5.71. The van der Waals surface area contributed by atoms with Crippen LogP contribution in [0.4, 0.5) is 5.69 Å². The first-order valence-electron chi connectivity index (χ1n) is 6.53. The van der Waals surface area contributed by atoms with Crippen LogP contribution in [0.2, 0.25) is 0 Å². The summed E-state index contributed by atoms with van der Waals surface area (Å²) in [6.07, 6.45) is 2.29. The number of halogens is 1.